The number of nitrogens with one attached hydrogen (secondary N) is 1. The minimum atomic E-state index is -0.794. The van der Waals surface area contributed by atoms with Gasteiger partial charge in [-0.05, 0) is 0 Å². The number of rotatable bonds is 4. The van der Waals surface area contributed by atoms with Crippen molar-refractivity contribution in [2.24, 2.45) is 0 Å². The summed E-state index contributed by atoms with van der Waals surface area (Å²) in [6.45, 7) is 7.25. The van der Waals surface area contributed by atoms with Crippen LogP contribution >= 0.6 is 0 Å². The van der Waals surface area contributed by atoms with Gasteiger partial charge >= 0.3 is 170 Å². The van der Waals surface area contributed by atoms with Crippen molar-refractivity contribution in [3.63, 3.8) is 0 Å². The van der Waals surface area contributed by atoms with Gasteiger partial charge in [-0.15, -0.1) is 0 Å². The van der Waals surface area contributed by atoms with Crippen LogP contribution in [-0.4, -0.2) is 62.0 Å². The van der Waals surface area contributed by atoms with Crippen LogP contribution in [0.3, 0.4) is 0 Å². The van der Waals surface area contributed by atoms with Crippen LogP contribution in [0, 0.1) is 11.3 Å². The Labute approximate surface area is 175 Å². The number of benzene rings is 1. The average molecular weight is 483 g/mol. The van der Waals surface area contributed by atoms with Crippen LogP contribution in [0.15, 0.2) is 30.3 Å². The van der Waals surface area contributed by atoms with Gasteiger partial charge in [0.15, 0.2) is 0 Å². The van der Waals surface area contributed by atoms with Crippen molar-refractivity contribution in [3.8, 4) is 6.07 Å². The molecule has 1 aliphatic heterocycles. The van der Waals surface area contributed by atoms with Crippen molar-refractivity contribution in [2.75, 3.05) is 13.1 Å². The van der Waals surface area contributed by atoms with Crippen LogP contribution in [0.2, 0.25) is 3.43 Å². The maximum atomic E-state index is 12.5. The molecule has 1 saturated heterocycles. The molecule has 1 atom stereocenters. The van der Waals surface area contributed by atoms with Gasteiger partial charge in [-0.25, -0.2) is 0 Å². The Bertz CT molecular complexity index is 946. The molecule has 7 heteroatoms. The van der Waals surface area contributed by atoms with E-state index in [4.69, 9.17) is 5.26 Å². The van der Waals surface area contributed by atoms with E-state index in [1.54, 1.807) is 11.0 Å². The number of nitriles is 1. The number of hydrogen-bond acceptors (Lipinski definition) is 4. The monoisotopic (exact) mass is 484 g/mol. The minimum absolute atomic E-state index is 0.116. The Morgan fingerprint density at radius 2 is 2.11 bits per heavy atom. The molecule has 0 aliphatic carbocycles. The third-order valence-corrected chi connectivity index (χ3v) is 8.75. The van der Waals surface area contributed by atoms with Gasteiger partial charge in [-0.2, -0.15) is 5.26 Å². The third kappa shape index (κ3) is 4.82. The van der Waals surface area contributed by atoms with Gasteiger partial charge in [0.25, 0.3) is 0 Å². The topological polar surface area (TPSA) is 86.1 Å². The fourth-order valence-electron chi connectivity index (χ4n) is 3.34. The van der Waals surface area contributed by atoms with Crippen molar-refractivity contribution >= 4 is 47.4 Å². The first kappa shape index (κ1) is 20.6. The van der Waals surface area contributed by atoms with Gasteiger partial charge in [0.1, 0.15) is 0 Å². The van der Waals surface area contributed by atoms with Crippen molar-refractivity contribution in [1.82, 2.24) is 15.2 Å². The van der Waals surface area contributed by atoms with E-state index < -0.39 is 21.1 Å². The predicted molar refractivity (Wildman–Crippen MR) is 110 cm³/mol. The molecule has 1 fully saturated rings. The van der Waals surface area contributed by atoms with E-state index in [1.807, 2.05) is 18.2 Å². The van der Waals surface area contributed by atoms with Crippen LogP contribution in [0.1, 0.15) is 44.1 Å². The molecule has 0 unspecified atom stereocenters. The molecule has 0 bridgehead atoms. The van der Waals surface area contributed by atoms with E-state index in [9.17, 15) is 9.59 Å². The Balaban J connectivity index is 1.70. The van der Waals surface area contributed by atoms with Crippen molar-refractivity contribution in [1.29, 1.82) is 5.26 Å². The zero-order valence-electron chi connectivity index (χ0n) is 16.5. The van der Waals surface area contributed by atoms with E-state index >= 15 is 0 Å². The molecular formula is C21H24N4O2Sn. The summed E-state index contributed by atoms with van der Waals surface area (Å²) >= 11 is -0.794. The van der Waals surface area contributed by atoms with Crippen molar-refractivity contribution in [3.05, 3.63) is 36.0 Å². The zero-order chi connectivity index (χ0) is 20.3. The molecule has 2 radical (unpaired) electrons. The van der Waals surface area contributed by atoms with E-state index in [0.717, 1.165) is 17.3 Å². The van der Waals surface area contributed by atoms with Crippen LogP contribution < -0.4 is 8.90 Å². The molecule has 2 heterocycles. The van der Waals surface area contributed by atoms with Crippen molar-refractivity contribution in [2.45, 2.75) is 43.1 Å². The summed E-state index contributed by atoms with van der Waals surface area (Å²) in [6, 6.07) is 11.5. The van der Waals surface area contributed by atoms with Gasteiger partial charge in [0.05, 0.1) is 0 Å². The molecule has 144 valence electrons. The zero-order valence-corrected chi connectivity index (χ0v) is 19.3. The summed E-state index contributed by atoms with van der Waals surface area (Å²) < 4.78 is 1.70. The Morgan fingerprint density at radius 1 is 1.32 bits per heavy atom. The Morgan fingerprint density at radius 3 is 2.82 bits per heavy atom. The third-order valence-electron chi connectivity index (χ3n) is 4.60. The van der Waals surface area contributed by atoms with E-state index in [1.165, 1.54) is 3.58 Å². The number of nitrogens with zero attached hydrogens (tertiary/aromatic N) is 3. The van der Waals surface area contributed by atoms with E-state index in [0.29, 0.717) is 22.1 Å². The Kier molecular flexibility index (Phi) is 6.23. The Hall–Kier alpha value is -2.14. The van der Waals surface area contributed by atoms with Crippen LogP contribution in [0.25, 0.3) is 10.9 Å². The average Bonchev–Trinajstić information content (AvgIpc) is 3.13. The van der Waals surface area contributed by atoms with Crippen LogP contribution in [-0.2, 0) is 4.79 Å². The number of fused-ring (bicyclic) bond motifs is 1. The molecule has 2 aromatic rings. The summed E-state index contributed by atoms with van der Waals surface area (Å²) in [5.74, 6) is -0.595. The number of carbonyl (C=O) groups is 2. The number of hydrogen-bond donors (Lipinski definition) is 1. The molecule has 28 heavy (non-hydrogen) atoms. The van der Waals surface area contributed by atoms with Gasteiger partial charge in [0, 0.05) is 0 Å². The van der Waals surface area contributed by atoms with Crippen LogP contribution in [0.4, 0.5) is 0 Å². The first-order chi connectivity index (χ1) is 13.3. The van der Waals surface area contributed by atoms with Gasteiger partial charge < -0.3 is 0 Å². The SMILES string of the molecule is C[C](C)(C)[Sn][c]1cccc2nc(C(=O)NCC(=O)N3CCC[C@H]3C#N)ccc12. The molecule has 1 aromatic heterocycles. The second-order valence-corrected chi connectivity index (χ2v) is 14.5. The first-order valence-electron chi connectivity index (χ1n) is 9.44. The van der Waals surface area contributed by atoms with E-state index in [2.05, 4.69) is 43.2 Å². The summed E-state index contributed by atoms with van der Waals surface area (Å²) in [7, 11) is 0. The molecule has 1 aliphatic rings. The fourth-order valence-corrected chi connectivity index (χ4v) is 7.15. The van der Waals surface area contributed by atoms with Crippen molar-refractivity contribution < 1.29 is 9.59 Å². The summed E-state index contributed by atoms with van der Waals surface area (Å²) in [6.07, 6.45) is 1.52. The number of aromatic nitrogens is 1. The first-order valence-corrected chi connectivity index (χ1v) is 12.3. The summed E-state index contributed by atoms with van der Waals surface area (Å²) in [5, 5.41) is 12.9. The number of pyridine rings is 1. The molecule has 1 aromatic carbocycles. The maximum absolute atomic E-state index is 12.5. The number of carbonyl (C=O) groups excluding carboxylic acids is 2. The van der Waals surface area contributed by atoms with Gasteiger partial charge in [0.2, 0.25) is 0 Å². The van der Waals surface area contributed by atoms with Gasteiger partial charge in [-0.1, -0.05) is 0 Å². The van der Waals surface area contributed by atoms with Gasteiger partial charge in [-0.3, -0.25) is 0 Å². The molecule has 2 amide bonds. The fraction of sp³-hybridized carbons (Fsp3) is 0.429. The predicted octanol–water partition coefficient (Wildman–Crippen LogP) is 2.03. The normalized spacial score (nSPS) is 16.8. The quantitative estimate of drug-likeness (QED) is 0.675. The summed E-state index contributed by atoms with van der Waals surface area (Å²) in [5.41, 5.74) is 1.11. The second-order valence-electron chi connectivity index (χ2n) is 8.00. The molecule has 0 saturated carbocycles. The number of likely N-dealkylation sites (tertiary alicyclic amines) is 1. The summed E-state index contributed by atoms with van der Waals surface area (Å²) in [4.78, 5) is 30.8. The van der Waals surface area contributed by atoms with E-state index in [-0.39, 0.29) is 24.4 Å². The molecule has 3 rings (SSSR count). The number of amides is 2. The molecule has 1 N–H and O–H groups in total. The molecule has 0 spiro atoms. The molecule has 6 nitrogen and oxygen atoms in total. The van der Waals surface area contributed by atoms with Crippen LogP contribution in [0.5, 0.6) is 0 Å². The standard InChI is InChI=1S/C17H15N4O2.C4H9.Sn/c18-10-13-5-3-9-21(13)16(22)11-19-17(23)15-8-7-12-4-1-2-6-14(12)20-15;1-4(2)3;/h1-2,6-8,13H,3,5,9,11H2,(H,19,23);1-3H3;/t13-;;/m0../s1. The molecular weight excluding hydrogens is 459 g/mol. The second kappa shape index (κ2) is 8.48.